The monoisotopic (exact) mass is 422 g/mol. The minimum Gasteiger partial charge on any atom is -0.378 e. The molecule has 3 atom stereocenters. The van der Waals surface area contributed by atoms with Gasteiger partial charge in [0.15, 0.2) is 11.4 Å². The van der Waals surface area contributed by atoms with Crippen LogP contribution in [0.3, 0.4) is 0 Å². The van der Waals surface area contributed by atoms with Crippen LogP contribution in [0.25, 0.3) is 0 Å². The van der Waals surface area contributed by atoms with E-state index < -0.39 is 41.4 Å². The summed E-state index contributed by atoms with van der Waals surface area (Å²) >= 11 is 0. The third-order valence-electron chi connectivity index (χ3n) is 5.40. The molecule has 30 heavy (non-hydrogen) atoms. The van der Waals surface area contributed by atoms with Crippen LogP contribution in [-0.4, -0.2) is 27.4 Å². The molecule has 2 aliphatic rings. The molecule has 2 aromatic rings. The van der Waals surface area contributed by atoms with Crippen molar-refractivity contribution < 1.29 is 27.5 Å². The zero-order valence-electron chi connectivity index (χ0n) is 15.7. The highest BCUT2D eigenvalue weighted by Gasteiger charge is 2.60. The Morgan fingerprint density at radius 3 is 2.77 bits per heavy atom. The first-order valence-electron chi connectivity index (χ1n) is 9.17. The summed E-state index contributed by atoms with van der Waals surface area (Å²) in [6, 6.07) is 6.78. The van der Waals surface area contributed by atoms with E-state index in [2.05, 4.69) is 20.8 Å². The van der Waals surface area contributed by atoms with Crippen molar-refractivity contribution in [2.75, 3.05) is 5.32 Å². The zero-order valence-corrected chi connectivity index (χ0v) is 15.7. The highest BCUT2D eigenvalue weighted by molar-refractivity contribution is 5.94. The number of H-pyrrole nitrogens is 1. The molecule has 2 aliphatic heterocycles. The lowest BCUT2D eigenvalue weighted by Gasteiger charge is -2.34. The number of allylic oxidation sites excluding steroid dienone is 2. The number of anilines is 1. The van der Waals surface area contributed by atoms with E-state index in [1.807, 2.05) is 6.07 Å². The zero-order chi connectivity index (χ0) is 21.7. The SMILES string of the molecule is CC(c1cccc(C2C=CC(F)=CN2)c1)c1[nH]nc2c1C(O)(C(F)(F)F)CC(=O)N2. The maximum atomic E-state index is 13.7. The molecule has 0 bridgehead atoms. The number of aromatic amines is 1. The third-order valence-corrected chi connectivity index (χ3v) is 5.40. The molecule has 10 heteroatoms. The van der Waals surface area contributed by atoms with Crippen LogP contribution in [0.1, 0.15) is 47.7 Å². The van der Waals surface area contributed by atoms with Gasteiger partial charge in [0.25, 0.3) is 0 Å². The first-order chi connectivity index (χ1) is 14.1. The minimum absolute atomic E-state index is 0.0556. The van der Waals surface area contributed by atoms with Crippen LogP contribution in [0.5, 0.6) is 0 Å². The van der Waals surface area contributed by atoms with Crippen LogP contribution in [0.2, 0.25) is 0 Å². The van der Waals surface area contributed by atoms with Gasteiger partial charge in [-0.2, -0.15) is 18.3 Å². The number of aliphatic hydroxyl groups is 1. The van der Waals surface area contributed by atoms with Crippen molar-refractivity contribution in [2.45, 2.75) is 37.1 Å². The minimum atomic E-state index is -5.06. The average Bonchev–Trinajstić information content (AvgIpc) is 3.11. The van der Waals surface area contributed by atoms with E-state index in [1.54, 1.807) is 31.2 Å². The van der Waals surface area contributed by atoms with Gasteiger partial charge in [0.05, 0.1) is 23.7 Å². The number of nitrogens with one attached hydrogen (secondary N) is 3. The maximum absolute atomic E-state index is 13.7. The van der Waals surface area contributed by atoms with E-state index in [0.717, 1.165) is 5.56 Å². The second kappa shape index (κ2) is 6.98. The van der Waals surface area contributed by atoms with Gasteiger partial charge in [0.1, 0.15) is 5.83 Å². The number of hydrogen-bond acceptors (Lipinski definition) is 4. The molecule has 6 nitrogen and oxygen atoms in total. The molecule has 0 spiro atoms. The Kier molecular flexibility index (Phi) is 4.69. The number of alkyl halides is 3. The van der Waals surface area contributed by atoms with Crippen LogP contribution in [0, 0.1) is 0 Å². The van der Waals surface area contributed by atoms with E-state index in [0.29, 0.717) is 5.56 Å². The van der Waals surface area contributed by atoms with Crippen molar-refractivity contribution in [1.29, 1.82) is 0 Å². The molecule has 3 unspecified atom stereocenters. The van der Waals surface area contributed by atoms with Gasteiger partial charge in [0.2, 0.25) is 5.91 Å². The number of aromatic nitrogens is 2. The Morgan fingerprint density at radius 2 is 2.10 bits per heavy atom. The fraction of sp³-hybridized carbons (Fsp3) is 0.300. The predicted molar refractivity (Wildman–Crippen MR) is 100.0 cm³/mol. The van der Waals surface area contributed by atoms with Crippen LogP contribution in [0.4, 0.5) is 23.4 Å². The molecule has 4 N–H and O–H groups in total. The number of amides is 1. The van der Waals surface area contributed by atoms with Crippen LogP contribution in [0.15, 0.2) is 48.4 Å². The van der Waals surface area contributed by atoms with Gasteiger partial charge >= 0.3 is 6.18 Å². The molecular weight excluding hydrogens is 404 g/mol. The van der Waals surface area contributed by atoms with Crippen molar-refractivity contribution in [3.8, 4) is 0 Å². The van der Waals surface area contributed by atoms with Gasteiger partial charge in [-0.3, -0.25) is 9.89 Å². The standard InChI is InChI=1S/C20H18F4N4O2/c1-10(11-3-2-4-12(7-11)14-6-5-13(21)9-25-14)17-16-18(28-27-17)26-15(29)8-19(16,30)20(22,23)24/h2-7,9-10,14,25,30H,8H2,1H3,(H2,26,27,28,29). The molecule has 0 saturated carbocycles. The topological polar surface area (TPSA) is 90.0 Å². The third kappa shape index (κ3) is 3.26. The van der Waals surface area contributed by atoms with Gasteiger partial charge in [-0.05, 0) is 17.2 Å². The predicted octanol–water partition coefficient (Wildman–Crippen LogP) is 3.67. The van der Waals surface area contributed by atoms with Crippen LogP contribution >= 0.6 is 0 Å². The molecule has 158 valence electrons. The number of hydrogen-bond donors (Lipinski definition) is 4. The molecule has 1 amide bonds. The Hall–Kier alpha value is -3.14. The van der Waals surface area contributed by atoms with E-state index >= 15 is 0 Å². The molecule has 4 rings (SSSR count). The molecule has 0 fully saturated rings. The van der Waals surface area contributed by atoms with E-state index in [1.165, 1.54) is 12.3 Å². The number of benzene rings is 1. The number of carbonyl (C=O) groups is 1. The van der Waals surface area contributed by atoms with Crippen molar-refractivity contribution in [3.05, 3.63) is 70.8 Å². The van der Waals surface area contributed by atoms with Crippen molar-refractivity contribution >= 4 is 11.7 Å². The smallest absolute Gasteiger partial charge is 0.378 e. The summed E-state index contributed by atoms with van der Waals surface area (Å²) in [5.41, 5.74) is -2.32. The molecule has 0 aliphatic carbocycles. The summed E-state index contributed by atoms with van der Waals surface area (Å²) in [4.78, 5) is 11.7. The van der Waals surface area contributed by atoms with Gasteiger partial charge < -0.3 is 15.7 Å². The Balaban J connectivity index is 1.73. The van der Waals surface area contributed by atoms with E-state index in [4.69, 9.17) is 0 Å². The van der Waals surface area contributed by atoms with Crippen molar-refractivity contribution in [3.63, 3.8) is 0 Å². The Morgan fingerprint density at radius 1 is 1.33 bits per heavy atom. The lowest BCUT2D eigenvalue weighted by Crippen LogP contribution is -2.48. The number of dihydropyridines is 1. The second-order valence-corrected chi connectivity index (χ2v) is 7.37. The molecular formula is C20H18F4N4O2. The van der Waals surface area contributed by atoms with Gasteiger partial charge in [0, 0.05) is 12.1 Å². The van der Waals surface area contributed by atoms with Crippen molar-refractivity contribution in [1.82, 2.24) is 15.5 Å². The fourth-order valence-electron chi connectivity index (χ4n) is 3.77. The Labute approximate surface area is 168 Å². The first kappa shape index (κ1) is 20.1. The summed E-state index contributed by atoms with van der Waals surface area (Å²) in [6.45, 7) is 1.67. The quantitative estimate of drug-likeness (QED) is 0.569. The molecule has 1 aromatic heterocycles. The lowest BCUT2D eigenvalue weighted by atomic mass is 9.82. The summed E-state index contributed by atoms with van der Waals surface area (Å²) in [7, 11) is 0. The van der Waals surface area contributed by atoms with Gasteiger partial charge in [-0.1, -0.05) is 37.3 Å². The molecule has 0 radical (unpaired) electrons. The lowest BCUT2D eigenvalue weighted by molar-refractivity contribution is -0.267. The number of fused-ring (bicyclic) bond motifs is 1. The maximum Gasteiger partial charge on any atom is 0.422 e. The second-order valence-electron chi connectivity index (χ2n) is 7.37. The highest BCUT2D eigenvalue weighted by atomic mass is 19.4. The molecule has 1 aromatic carbocycles. The molecule has 0 saturated heterocycles. The summed E-state index contributed by atoms with van der Waals surface area (Å²) in [6.07, 6.45) is -2.01. The normalized spacial score (nSPS) is 24.5. The molecule has 3 heterocycles. The van der Waals surface area contributed by atoms with Crippen LogP contribution < -0.4 is 10.6 Å². The number of halogens is 4. The van der Waals surface area contributed by atoms with Crippen molar-refractivity contribution in [2.24, 2.45) is 0 Å². The van der Waals surface area contributed by atoms with Crippen LogP contribution in [-0.2, 0) is 10.4 Å². The first-order valence-corrected chi connectivity index (χ1v) is 9.17. The van der Waals surface area contributed by atoms with E-state index in [9.17, 15) is 27.5 Å². The highest BCUT2D eigenvalue weighted by Crippen LogP contribution is 2.49. The number of nitrogens with zero attached hydrogens (tertiary/aromatic N) is 1. The fourth-order valence-corrected chi connectivity index (χ4v) is 3.77. The largest absolute Gasteiger partial charge is 0.422 e. The average molecular weight is 422 g/mol. The Bertz CT molecular complexity index is 1060. The summed E-state index contributed by atoms with van der Waals surface area (Å²) in [5.74, 6) is -2.31. The summed E-state index contributed by atoms with van der Waals surface area (Å²) in [5, 5.41) is 22.0. The number of carbonyl (C=O) groups excluding carboxylic acids is 1. The van der Waals surface area contributed by atoms with Gasteiger partial charge in [-0.15, -0.1) is 0 Å². The number of rotatable bonds is 3. The summed E-state index contributed by atoms with van der Waals surface area (Å²) < 4.78 is 54.3. The van der Waals surface area contributed by atoms with E-state index in [-0.39, 0.29) is 17.6 Å². The van der Waals surface area contributed by atoms with Gasteiger partial charge in [-0.25, -0.2) is 4.39 Å².